The van der Waals surface area contributed by atoms with Crippen molar-refractivity contribution >= 4 is 76.4 Å². The number of alkyl carbamates (subject to hydrolysis) is 1. The Morgan fingerprint density at radius 3 is 1.55 bits per heavy atom. The van der Waals surface area contributed by atoms with Gasteiger partial charge in [-0.25, -0.2) is 19.6 Å². The summed E-state index contributed by atoms with van der Waals surface area (Å²) in [5.41, 5.74) is 13.5. The number of anilines is 1. The second-order valence-electron chi connectivity index (χ2n) is 19.7. The zero-order chi connectivity index (χ0) is 54.5. The van der Waals surface area contributed by atoms with Gasteiger partial charge in [-0.3, -0.25) is 19.2 Å². The molecular formula is C55H81N9O11S2. The van der Waals surface area contributed by atoms with Crippen LogP contribution in [-0.4, -0.2) is 159 Å². The van der Waals surface area contributed by atoms with Crippen LogP contribution in [0.25, 0.3) is 0 Å². The summed E-state index contributed by atoms with van der Waals surface area (Å²) < 4.78 is 27.8. The summed E-state index contributed by atoms with van der Waals surface area (Å²) in [5, 5.41) is 15.5. The molecule has 2 aromatic carbocycles. The number of nitrogens with zero attached hydrogens (tertiary/aromatic N) is 2. The largest absolute Gasteiger partial charge is 0.445 e. The number of carbonyl (C=O) groups is 6. The zero-order valence-electron chi connectivity index (χ0n) is 44.4. The number of hydrogen-bond donors (Lipinski definition) is 7. The molecule has 4 heterocycles. The maximum atomic E-state index is 13.5. The van der Waals surface area contributed by atoms with Gasteiger partial charge in [0.15, 0.2) is 23.5 Å². The molecule has 0 saturated carbocycles. The lowest BCUT2D eigenvalue weighted by Gasteiger charge is -2.14. The summed E-state index contributed by atoms with van der Waals surface area (Å²) in [6, 6.07) is 14.7. The van der Waals surface area contributed by atoms with Crippen LogP contribution in [0.5, 0.6) is 0 Å². The molecule has 6 atom stereocenters. The molecule has 9 N–H and O–H groups in total. The van der Waals surface area contributed by atoms with Crippen molar-refractivity contribution in [3.63, 3.8) is 0 Å². The van der Waals surface area contributed by atoms with Crippen molar-refractivity contribution in [2.24, 2.45) is 21.5 Å². The first-order chi connectivity index (χ1) is 37.5. The highest BCUT2D eigenvalue weighted by molar-refractivity contribution is 8.00. The van der Waals surface area contributed by atoms with Crippen molar-refractivity contribution in [3.8, 4) is 0 Å². The van der Waals surface area contributed by atoms with E-state index in [0.717, 1.165) is 55.6 Å². The number of nitrogens with one attached hydrogen (secondary N) is 5. The number of aliphatic imine (C=N–C) groups is 2. The van der Waals surface area contributed by atoms with E-state index in [0.29, 0.717) is 129 Å². The Hall–Kier alpha value is -5.26. The molecule has 0 spiro atoms. The number of carbonyl (C=O) groups excluding carboxylic acids is 6. The van der Waals surface area contributed by atoms with Crippen molar-refractivity contribution in [1.29, 1.82) is 0 Å². The number of amides is 3. The Labute approximate surface area is 461 Å². The van der Waals surface area contributed by atoms with E-state index in [9.17, 15) is 28.8 Å². The van der Waals surface area contributed by atoms with Crippen LogP contribution in [0.1, 0.15) is 129 Å². The van der Waals surface area contributed by atoms with E-state index >= 15 is 0 Å². The van der Waals surface area contributed by atoms with Gasteiger partial charge >= 0.3 is 12.1 Å². The van der Waals surface area contributed by atoms with E-state index < -0.39 is 12.1 Å². The number of hydrogen-bond acceptors (Lipinski definition) is 19. The number of rotatable bonds is 40. The number of nitrogens with two attached hydrogens (primary N) is 2. The molecule has 0 unspecified atom stereocenters. The average Bonchev–Trinajstić information content (AvgIpc) is 4.23. The van der Waals surface area contributed by atoms with Crippen LogP contribution < -0.4 is 38.1 Å². The molecule has 77 heavy (non-hydrogen) atoms. The molecule has 0 radical (unpaired) electrons. The van der Waals surface area contributed by atoms with Crippen molar-refractivity contribution in [2.75, 3.05) is 82.8 Å². The van der Waals surface area contributed by atoms with Crippen LogP contribution in [0.4, 0.5) is 15.3 Å². The second kappa shape index (κ2) is 34.6. The number of fused-ring (bicyclic) bond motifs is 2. The van der Waals surface area contributed by atoms with Crippen LogP contribution in [0, 0.1) is 0 Å². The van der Waals surface area contributed by atoms with E-state index in [1.807, 2.05) is 53.9 Å². The Bertz CT molecular complexity index is 2150. The molecule has 2 saturated heterocycles. The van der Waals surface area contributed by atoms with Gasteiger partial charge in [-0.2, -0.15) is 23.5 Å². The van der Waals surface area contributed by atoms with E-state index in [-0.39, 0.29) is 94.2 Å². The Morgan fingerprint density at radius 1 is 0.558 bits per heavy atom. The quantitative estimate of drug-likeness (QED) is 0.0294. The van der Waals surface area contributed by atoms with Gasteiger partial charge < -0.3 is 61.7 Å². The number of thioether (sulfide) groups is 2. The van der Waals surface area contributed by atoms with Gasteiger partial charge in [0, 0.05) is 117 Å². The molecule has 6 rings (SSSR count). The van der Waals surface area contributed by atoms with Gasteiger partial charge in [-0.1, -0.05) is 43.2 Å². The number of urea groups is 1. The fourth-order valence-electron chi connectivity index (χ4n) is 9.50. The van der Waals surface area contributed by atoms with Crippen LogP contribution in [0.2, 0.25) is 0 Å². The number of Topliss-reactive ketones (excluding diaryl/α,β-unsaturated/α-hetero) is 4. The predicted octanol–water partition coefficient (Wildman–Crippen LogP) is 6.09. The lowest BCUT2D eigenvalue weighted by Crippen LogP contribution is -2.38. The maximum Gasteiger partial charge on any atom is 0.407 e. The molecule has 22 heteroatoms. The summed E-state index contributed by atoms with van der Waals surface area (Å²) in [6.45, 7) is 3.19. The third-order valence-electron chi connectivity index (χ3n) is 13.5. The van der Waals surface area contributed by atoms with E-state index in [1.165, 1.54) is 0 Å². The molecule has 0 aromatic heterocycles. The molecule has 3 amide bonds. The monoisotopic (exact) mass is 1110 g/mol. The van der Waals surface area contributed by atoms with Gasteiger partial charge in [0.05, 0.1) is 50.6 Å². The van der Waals surface area contributed by atoms with Crippen molar-refractivity contribution < 1.29 is 52.5 Å². The van der Waals surface area contributed by atoms with Gasteiger partial charge in [0.2, 0.25) is 0 Å². The standard InChI is InChI=1S/C55H81N9O11S2/c56-52-61-44-36-76-48(50(44)63-52)20-6-4-14-42(65)16-8-24-71-26-10-18-46(67)39-32-40(47(68)19-11-27-72-25-9-17-43(66)15-5-7-21-49-51-45(37-77-49)62-53(57)64-51)34-41(33-39)60-54(69)58-22-28-73-30-31-74-29-23-59-55(70)75-35-38-12-2-1-3-13-38/h1-3,12-13,32-34,44-45,48-51H,4-11,14-31,35-37H2,(H,59,70)(H3,56,61,63)(H3,57,62,64)(H2,58,60,69)/t44-,45-,48-,49-,50-,51-/m0/s1. The first kappa shape index (κ1) is 61.0. The number of ketones is 4. The minimum atomic E-state index is -0.537. The Kier molecular flexibility index (Phi) is 27.4. The molecule has 2 aromatic rings. The highest BCUT2D eigenvalue weighted by atomic mass is 32.2. The lowest BCUT2D eigenvalue weighted by molar-refractivity contribution is -0.120. The van der Waals surface area contributed by atoms with Gasteiger partial charge in [0.25, 0.3) is 0 Å². The van der Waals surface area contributed by atoms with Gasteiger partial charge in [-0.05, 0) is 75.1 Å². The molecule has 0 aliphatic carbocycles. The van der Waals surface area contributed by atoms with Crippen LogP contribution >= 0.6 is 23.5 Å². The van der Waals surface area contributed by atoms with E-state index in [2.05, 4.69) is 36.6 Å². The smallest absolute Gasteiger partial charge is 0.407 e. The van der Waals surface area contributed by atoms with Crippen molar-refractivity contribution in [3.05, 3.63) is 65.2 Å². The minimum Gasteiger partial charge on any atom is -0.445 e. The highest BCUT2D eigenvalue weighted by Gasteiger charge is 2.41. The van der Waals surface area contributed by atoms with Gasteiger partial charge in [0.1, 0.15) is 18.2 Å². The lowest BCUT2D eigenvalue weighted by atomic mass is 9.99. The Morgan fingerprint density at radius 2 is 1.03 bits per heavy atom. The summed E-state index contributed by atoms with van der Waals surface area (Å²) >= 11 is 3.86. The zero-order valence-corrected chi connectivity index (χ0v) is 46.1. The van der Waals surface area contributed by atoms with Crippen molar-refractivity contribution in [2.45, 2.75) is 144 Å². The first-order valence-corrected chi connectivity index (χ1v) is 29.6. The maximum absolute atomic E-state index is 13.5. The van der Waals surface area contributed by atoms with Crippen LogP contribution in [0.3, 0.4) is 0 Å². The fourth-order valence-corrected chi connectivity index (χ4v) is 12.5. The molecule has 424 valence electrons. The summed E-state index contributed by atoms with van der Waals surface area (Å²) in [5.74, 6) is 3.15. The highest BCUT2D eigenvalue weighted by Crippen LogP contribution is 2.36. The number of benzene rings is 2. The number of guanidine groups is 2. The molecule has 4 aliphatic heterocycles. The van der Waals surface area contributed by atoms with Crippen molar-refractivity contribution in [1.82, 2.24) is 21.3 Å². The van der Waals surface area contributed by atoms with Crippen LogP contribution in [-0.2, 0) is 39.9 Å². The molecule has 20 nitrogen and oxygen atoms in total. The average molecular weight is 1110 g/mol. The summed E-state index contributed by atoms with van der Waals surface area (Å²) in [4.78, 5) is 85.9. The second-order valence-corrected chi connectivity index (χ2v) is 22.2. The topological polar surface area (TPSA) is 285 Å². The van der Waals surface area contributed by atoms with E-state index in [4.69, 9.17) is 35.2 Å². The molecule has 0 bridgehead atoms. The molecule has 4 aliphatic rings. The third kappa shape index (κ3) is 22.9. The summed E-state index contributed by atoms with van der Waals surface area (Å²) in [7, 11) is 0. The fraction of sp³-hybridized carbons (Fsp3) is 0.636. The molecule has 2 fully saturated rings. The Balaban J connectivity index is 0.838. The normalized spacial score (nSPS) is 20.1. The number of unbranched alkanes of at least 4 members (excludes halogenated alkanes) is 2. The first-order valence-electron chi connectivity index (χ1n) is 27.5. The predicted molar refractivity (Wildman–Crippen MR) is 301 cm³/mol. The van der Waals surface area contributed by atoms with Crippen LogP contribution in [0.15, 0.2) is 58.5 Å². The summed E-state index contributed by atoms with van der Waals surface area (Å²) in [6.07, 6.45) is 9.66. The third-order valence-corrected chi connectivity index (χ3v) is 16.5. The van der Waals surface area contributed by atoms with E-state index in [1.54, 1.807) is 18.2 Å². The SMILES string of the molecule is NC1=N[C@H]2[C@H](CS[C@H]2CCCCC(=O)CCCOCCCC(=O)c2cc(NC(=O)NCCOCCOCCNC(=O)OCc3ccccc3)cc(C(=O)CCCOCCCC(=O)CCCC[C@@H]3SC[C@@H]4NC(N)=N[C@@H]43)c2)N1. The van der Waals surface area contributed by atoms with Gasteiger partial charge in [-0.15, -0.1) is 0 Å². The minimum absolute atomic E-state index is 0.163. The molecular weight excluding hydrogens is 1030 g/mol. The number of ether oxygens (including phenoxy) is 5.